The van der Waals surface area contributed by atoms with Crippen LogP contribution in [0.1, 0.15) is 34.1 Å². The van der Waals surface area contributed by atoms with Crippen molar-refractivity contribution in [2.45, 2.75) is 33.2 Å². The molecule has 3 nitrogen and oxygen atoms in total. The van der Waals surface area contributed by atoms with Crippen LogP contribution in [0.25, 0.3) is 10.9 Å². The van der Waals surface area contributed by atoms with E-state index >= 15 is 0 Å². The highest BCUT2D eigenvalue weighted by Gasteiger charge is 2.24. The summed E-state index contributed by atoms with van der Waals surface area (Å²) < 4.78 is 13.5. The lowest BCUT2D eigenvalue weighted by Gasteiger charge is -2.31. The quantitative estimate of drug-likeness (QED) is 0.399. The van der Waals surface area contributed by atoms with Gasteiger partial charge in [0.2, 0.25) is 0 Å². The van der Waals surface area contributed by atoms with E-state index in [9.17, 15) is 4.39 Å². The molecule has 2 aromatic heterocycles. The predicted octanol–water partition coefficient (Wildman–Crippen LogP) is 6.47. The molecule has 1 N–H and O–H groups in total. The number of aromatic nitrogens is 2. The van der Waals surface area contributed by atoms with Gasteiger partial charge in [0.25, 0.3) is 0 Å². The molecule has 0 spiro atoms. The van der Waals surface area contributed by atoms with Gasteiger partial charge in [-0.2, -0.15) is 0 Å². The van der Waals surface area contributed by atoms with Gasteiger partial charge in [-0.15, -0.1) is 12.4 Å². The van der Waals surface area contributed by atoms with Crippen LogP contribution in [-0.2, 0) is 6.42 Å². The van der Waals surface area contributed by atoms with Gasteiger partial charge in [0, 0.05) is 30.0 Å². The van der Waals surface area contributed by atoms with Crippen LogP contribution in [0.2, 0.25) is 0 Å². The zero-order valence-corrected chi connectivity index (χ0v) is 18.6. The monoisotopic (exact) mass is 423 g/mol. The van der Waals surface area contributed by atoms with Crippen LogP contribution >= 0.6 is 12.4 Å². The molecule has 0 aliphatic carbocycles. The molecule has 0 saturated heterocycles. The van der Waals surface area contributed by atoms with Crippen molar-refractivity contribution < 1.29 is 4.39 Å². The van der Waals surface area contributed by atoms with Crippen molar-refractivity contribution in [2.75, 3.05) is 11.9 Å². The van der Waals surface area contributed by atoms with E-state index in [1.54, 1.807) is 0 Å². The Morgan fingerprint density at radius 1 is 1.00 bits per heavy atom. The molecule has 2 heterocycles. The minimum atomic E-state index is -0.228. The molecule has 0 fully saturated rings. The maximum atomic E-state index is 13.5. The fourth-order valence-electron chi connectivity index (χ4n) is 3.98. The second kappa shape index (κ2) is 8.88. The number of hydrogen-bond donors (Lipinski definition) is 1. The van der Waals surface area contributed by atoms with Crippen molar-refractivity contribution in [1.82, 2.24) is 9.97 Å². The molecule has 0 radical (unpaired) electrons. The van der Waals surface area contributed by atoms with Crippen LogP contribution in [0, 0.1) is 26.6 Å². The van der Waals surface area contributed by atoms with Gasteiger partial charge in [-0.25, -0.2) is 4.39 Å². The van der Waals surface area contributed by atoms with Crippen molar-refractivity contribution in [1.29, 1.82) is 0 Å². The average Bonchev–Trinajstić information content (AvgIpc) is 3.02. The third-order valence-corrected chi connectivity index (χ3v) is 5.95. The highest BCUT2D eigenvalue weighted by Crippen LogP contribution is 2.34. The van der Waals surface area contributed by atoms with E-state index in [2.05, 4.69) is 68.0 Å². The third-order valence-electron chi connectivity index (χ3n) is 5.95. The van der Waals surface area contributed by atoms with E-state index in [1.165, 1.54) is 34.2 Å². The second-order valence-corrected chi connectivity index (χ2v) is 7.73. The number of halogens is 2. The van der Waals surface area contributed by atoms with E-state index in [0.717, 1.165) is 29.0 Å². The standard InChI is InChI=1S/C25H26FN3.ClH/c1-16-7-5-6-8-19(16)15-23(29(4)21-11-9-20(26)10-12-21)25-24-22(13-14-27-25)17(2)18(3)28-24;/h5-14,23,28H,15H2,1-4H3;1H. The van der Waals surface area contributed by atoms with E-state index in [1.807, 2.05) is 18.3 Å². The van der Waals surface area contributed by atoms with E-state index in [0.29, 0.717) is 0 Å². The fourth-order valence-corrected chi connectivity index (χ4v) is 3.98. The molecule has 0 bridgehead atoms. The molecule has 0 aliphatic rings. The number of anilines is 1. The lowest BCUT2D eigenvalue weighted by Crippen LogP contribution is -2.27. The van der Waals surface area contributed by atoms with Crippen LogP contribution in [0.15, 0.2) is 60.8 Å². The smallest absolute Gasteiger partial charge is 0.123 e. The first kappa shape index (κ1) is 21.8. The average molecular weight is 424 g/mol. The first-order valence-corrected chi connectivity index (χ1v) is 9.92. The molecule has 5 heteroatoms. The minimum Gasteiger partial charge on any atom is -0.366 e. The molecule has 2 aromatic carbocycles. The number of fused-ring (bicyclic) bond motifs is 1. The summed E-state index contributed by atoms with van der Waals surface area (Å²) in [5.41, 5.74) is 8.00. The predicted molar refractivity (Wildman–Crippen MR) is 125 cm³/mol. The molecule has 4 rings (SSSR count). The number of aromatic amines is 1. The maximum absolute atomic E-state index is 13.5. The molecule has 4 aromatic rings. The topological polar surface area (TPSA) is 31.9 Å². The van der Waals surface area contributed by atoms with Gasteiger partial charge in [-0.1, -0.05) is 24.3 Å². The SMILES string of the molecule is Cc1ccccc1CC(c1nccc2c(C)c(C)[nH]c12)N(C)c1ccc(F)cc1.Cl. The summed E-state index contributed by atoms with van der Waals surface area (Å²) in [4.78, 5) is 10.5. The summed E-state index contributed by atoms with van der Waals surface area (Å²) in [6.07, 6.45) is 2.70. The van der Waals surface area contributed by atoms with Crippen LogP contribution in [-0.4, -0.2) is 17.0 Å². The van der Waals surface area contributed by atoms with E-state index in [4.69, 9.17) is 4.98 Å². The normalized spacial score (nSPS) is 11.9. The molecule has 0 amide bonds. The van der Waals surface area contributed by atoms with Crippen molar-refractivity contribution in [2.24, 2.45) is 0 Å². The van der Waals surface area contributed by atoms with Crippen molar-refractivity contribution in [3.63, 3.8) is 0 Å². The highest BCUT2D eigenvalue weighted by molar-refractivity contribution is 5.86. The van der Waals surface area contributed by atoms with E-state index in [-0.39, 0.29) is 24.3 Å². The van der Waals surface area contributed by atoms with Gasteiger partial charge in [-0.3, -0.25) is 4.98 Å². The van der Waals surface area contributed by atoms with Crippen LogP contribution in [0.3, 0.4) is 0 Å². The number of aryl methyl sites for hydroxylation is 3. The Hall–Kier alpha value is -2.85. The van der Waals surface area contributed by atoms with E-state index < -0.39 is 0 Å². The molecule has 30 heavy (non-hydrogen) atoms. The summed E-state index contributed by atoms with van der Waals surface area (Å²) in [7, 11) is 2.05. The Morgan fingerprint density at radius 2 is 1.70 bits per heavy atom. The first-order chi connectivity index (χ1) is 14.0. The molecule has 1 unspecified atom stereocenters. The number of likely N-dealkylation sites (N-methyl/N-ethyl adjacent to an activating group) is 1. The summed E-state index contributed by atoms with van der Waals surface area (Å²) in [6.45, 7) is 6.37. The number of pyridine rings is 1. The van der Waals surface area contributed by atoms with Crippen LogP contribution in [0.5, 0.6) is 0 Å². The lowest BCUT2D eigenvalue weighted by molar-refractivity contribution is 0.624. The number of nitrogens with zero attached hydrogens (tertiary/aromatic N) is 2. The largest absolute Gasteiger partial charge is 0.366 e. The van der Waals surface area contributed by atoms with Gasteiger partial charge in [-0.05, 0) is 74.2 Å². The summed E-state index contributed by atoms with van der Waals surface area (Å²) in [5.74, 6) is -0.228. The van der Waals surface area contributed by atoms with Crippen molar-refractivity contribution >= 4 is 29.0 Å². The number of H-pyrrole nitrogens is 1. The van der Waals surface area contributed by atoms with Crippen LogP contribution < -0.4 is 4.90 Å². The lowest BCUT2D eigenvalue weighted by atomic mass is 9.96. The van der Waals surface area contributed by atoms with Gasteiger partial charge in [0.1, 0.15) is 5.82 Å². The van der Waals surface area contributed by atoms with Crippen molar-refractivity contribution in [3.8, 4) is 0 Å². The first-order valence-electron chi connectivity index (χ1n) is 9.92. The Kier molecular flexibility index (Phi) is 6.47. The van der Waals surface area contributed by atoms with Gasteiger partial charge in [0.15, 0.2) is 0 Å². The molecular weight excluding hydrogens is 397 g/mol. The zero-order chi connectivity index (χ0) is 20.5. The molecule has 156 valence electrons. The van der Waals surface area contributed by atoms with Crippen LogP contribution in [0.4, 0.5) is 10.1 Å². The Morgan fingerprint density at radius 3 is 2.40 bits per heavy atom. The van der Waals surface area contributed by atoms with Crippen molar-refractivity contribution in [3.05, 3.63) is 94.7 Å². The molecule has 1 atom stereocenters. The summed E-state index contributed by atoms with van der Waals surface area (Å²) in [6, 6.07) is 17.2. The zero-order valence-electron chi connectivity index (χ0n) is 17.7. The number of rotatable bonds is 5. The number of hydrogen-bond acceptors (Lipinski definition) is 2. The fraction of sp³-hybridized carbons (Fsp3) is 0.240. The van der Waals surface area contributed by atoms with Gasteiger partial charge in [0.05, 0.1) is 17.3 Å². The third kappa shape index (κ3) is 4.05. The maximum Gasteiger partial charge on any atom is 0.123 e. The number of nitrogens with one attached hydrogen (secondary N) is 1. The molecule has 0 saturated carbocycles. The summed E-state index contributed by atoms with van der Waals surface area (Å²) >= 11 is 0. The molecule has 0 aliphatic heterocycles. The van der Waals surface area contributed by atoms with Gasteiger partial charge < -0.3 is 9.88 Å². The highest BCUT2D eigenvalue weighted by atomic mass is 35.5. The Balaban J connectivity index is 0.00000256. The van der Waals surface area contributed by atoms with Gasteiger partial charge >= 0.3 is 0 Å². The summed E-state index contributed by atoms with van der Waals surface area (Å²) in [5, 5.41) is 1.20. The second-order valence-electron chi connectivity index (χ2n) is 7.73. The Labute approximate surface area is 183 Å². The Bertz CT molecular complexity index is 1150. The minimum absolute atomic E-state index is 0. The molecular formula is C25H27ClFN3. The number of benzene rings is 2.